The van der Waals surface area contributed by atoms with E-state index < -0.39 is 0 Å². The van der Waals surface area contributed by atoms with E-state index in [1.54, 1.807) is 5.57 Å². The van der Waals surface area contributed by atoms with Gasteiger partial charge < -0.3 is 4.74 Å². The Bertz CT molecular complexity index is 1420. The Kier molecular flexibility index (Phi) is 24.5. The summed E-state index contributed by atoms with van der Waals surface area (Å²) in [6.07, 6.45) is 65.5. The number of unbranched alkanes of at least 4 members (excludes halogenated alkanes) is 10. The first-order valence-electron chi connectivity index (χ1n) is 26.5. The summed E-state index contributed by atoms with van der Waals surface area (Å²) in [6, 6.07) is 0. The third kappa shape index (κ3) is 17.6. The first-order valence-corrected chi connectivity index (χ1v) is 26.5. The number of allylic oxidation sites excluding steroid dienone is 13. The highest BCUT2D eigenvalue weighted by Crippen LogP contribution is 2.67. The van der Waals surface area contributed by atoms with Crippen LogP contribution in [0.2, 0.25) is 0 Å². The number of rotatable bonds is 30. The van der Waals surface area contributed by atoms with Gasteiger partial charge >= 0.3 is 5.97 Å². The predicted molar refractivity (Wildman–Crippen MR) is 267 cm³/mol. The molecule has 8 unspecified atom stereocenters. The Morgan fingerprint density at radius 2 is 1.20 bits per heavy atom. The number of fused-ring (bicyclic) bond motifs is 5. The number of carbonyl (C=O) groups excluding carboxylic acids is 1. The molecular formula is C59H96O2. The molecule has 2 nitrogen and oxygen atoms in total. The van der Waals surface area contributed by atoms with Crippen molar-refractivity contribution in [1.29, 1.82) is 0 Å². The molecule has 0 aromatic rings. The fourth-order valence-corrected chi connectivity index (χ4v) is 12.6. The molecule has 0 aromatic heterocycles. The van der Waals surface area contributed by atoms with Gasteiger partial charge in [0.1, 0.15) is 6.10 Å². The van der Waals surface area contributed by atoms with Crippen LogP contribution in [0, 0.1) is 46.3 Å². The van der Waals surface area contributed by atoms with Gasteiger partial charge in [-0.15, -0.1) is 0 Å². The van der Waals surface area contributed by atoms with Crippen molar-refractivity contribution >= 4 is 5.97 Å². The van der Waals surface area contributed by atoms with Gasteiger partial charge in [0.05, 0.1) is 0 Å². The minimum Gasteiger partial charge on any atom is -0.462 e. The molecule has 61 heavy (non-hydrogen) atoms. The van der Waals surface area contributed by atoms with Gasteiger partial charge in [0, 0.05) is 12.8 Å². The van der Waals surface area contributed by atoms with Crippen molar-refractivity contribution in [2.75, 3.05) is 0 Å². The number of ether oxygens (including phenoxy) is 1. The average molecular weight is 837 g/mol. The van der Waals surface area contributed by atoms with Crippen molar-refractivity contribution in [3.63, 3.8) is 0 Å². The predicted octanol–water partition coefficient (Wildman–Crippen LogP) is 18.3. The van der Waals surface area contributed by atoms with Crippen LogP contribution >= 0.6 is 0 Å². The lowest BCUT2D eigenvalue weighted by atomic mass is 9.47. The van der Waals surface area contributed by atoms with Crippen molar-refractivity contribution in [3.8, 4) is 0 Å². The first-order chi connectivity index (χ1) is 29.7. The lowest BCUT2D eigenvalue weighted by Crippen LogP contribution is -2.51. The lowest BCUT2D eigenvalue weighted by molar-refractivity contribution is -0.151. The average Bonchev–Trinajstić information content (AvgIpc) is 3.60. The molecule has 3 saturated carbocycles. The molecule has 344 valence electrons. The summed E-state index contributed by atoms with van der Waals surface area (Å²) in [4.78, 5) is 12.9. The van der Waals surface area contributed by atoms with E-state index in [1.807, 2.05) is 0 Å². The van der Waals surface area contributed by atoms with Gasteiger partial charge in [0.15, 0.2) is 0 Å². The van der Waals surface area contributed by atoms with Gasteiger partial charge in [-0.3, -0.25) is 4.79 Å². The highest BCUT2D eigenvalue weighted by atomic mass is 16.5. The quantitative estimate of drug-likeness (QED) is 0.0409. The molecule has 4 aliphatic carbocycles. The van der Waals surface area contributed by atoms with Crippen LogP contribution in [0.25, 0.3) is 0 Å². The molecule has 2 heteroatoms. The maximum Gasteiger partial charge on any atom is 0.306 e. The van der Waals surface area contributed by atoms with Crippen LogP contribution in [-0.2, 0) is 9.53 Å². The zero-order valence-corrected chi connectivity index (χ0v) is 40.9. The summed E-state index contributed by atoms with van der Waals surface area (Å²) in [5.41, 5.74) is 2.51. The van der Waals surface area contributed by atoms with Gasteiger partial charge in [0.25, 0.3) is 0 Å². The van der Waals surface area contributed by atoms with Crippen LogP contribution < -0.4 is 0 Å². The summed E-state index contributed by atoms with van der Waals surface area (Å²) in [5, 5.41) is 0. The van der Waals surface area contributed by atoms with Crippen LogP contribution in [0.3, 0.4) is 0 Å². The molecule has 0 N–H and O–H groups in total. The molecule has 8 atom stereocenters. The van der Waals surface area contributed by atoms with Gasteiger partial charge in [-0.05, 0) is 149 Å². The molecule has 0 heterocycles. The smallest absolute Gasteiger partial charge is 0.306 e. The van der Waals surface area contributed by atoms with Crippen molar-refractivity contribution < 1.29 is 9.53 Å². The molecule has 4 rings (SSSR count). The van der Waals surface area contributed by atoms with Crippen molar-refractivity contribution in [1.82, 2.24) is 0 Å². The van der Waals surface area contributed by atoms with Crippen molar-refractivity contribution in [2.24, 2.45) is 46.3 Å². The van der Waals surface area contributed by atoms with E-state index in [2.05, 4.69) is 121 Å². The molecule has 0 spiro atoms. The lowest BCUT2D eigenvalue weighted by Gasteiger charge is -2.58. The Morgan fingerprint density at radius 3 is 1.79 bits per heavy atom. The number of carbonyl (C=O) groups is 1. The molecule has 0 aliphatic heterocycles. The minimum absolute atomic E-state index is 0.0554. The second-order valence-corrected chi connectivity index (χ2v) is 21.1. The Labute approximate surface area is 378 Å². The summed E-state index contributed by atoms with van der Waals surface area (Å²) in [6.45, 7) is 14.8. The van der Waals surface area contributed by atoms with Crippen molar-refractivity contribution in [2.45, 2.75) is 234 Å². The zero-order chi connectivity index (χ0) is 43.6. The third-order valence-electron chi connectivity index (χ3n) is 16.2. The Balaban J connectivity index is 0.956. The van der Waals surface area contributed by atoms with E-state index in [1.165, 1.54) is 116 Å². The van der Waals surface area contributed by atoms with Gasteiger partial charge in [-0.2, -0.15) is 0 Å². The molecule has 0 aromatic carbocycles. The number of hydrogen-bond donors (Lipinski definition) is 0. The number of esters is 1. The van der Waals surface area contributed by atoms with E-state index in [0.717, 1.165) is 99.7 Å². The maximum absolute atomic E-state index is 12.9. The Morgan fingerprint density at radius 1 is 0.639 bits per heavy atom. The third-order valence-corrected chi connectivity index (χ3v) is 16.2. The van der Waals surface area contributed by atoms with Crippen LogP contribution in [0.5, 0.6) is 0 Å². The van der Waals surface area contributed by atoms with E-state index in [4.69, 9.17) is 4.74 Å². The highest BCUT2D eigenvalue weighted by Gasteiger charge is 2.59. The monoisotopic (exact) mass is 837 g/mol. The van der Waals surface area contributed by atoms with Crippen LogP contribution in [0.4, 0.5) is 0 Å². The fraction of sp³-hybridized carbons (Fsp3) is 0.746. The van der Waals surface area contributed by atoms with Crippen LogP contribution in [-0.4, -0.2) is 12.1 Å². The summed E-state index contributed by atoms with van der Waals surface area (Å²) in [5.74, 6) is 5.28. The summed E-state index contributed by atoms with van der Waals surface area (Å²) >= 11 is 0. The largest absolute Gasteiger partial charge is 0.462 e. The molecule has 0 radical (unpaired) electrons. The second-order valence-electron chi connectivity index (χ2n) is 21.1. The van der Waals surface area contributed by atoms with Gasteiger partial charge in [-0.25, -0.2) is 0 Å². The molecule has 0 saturated heterocycles. The topological polar surface area (TPSA) is 26.3 Å². The summed E-state index contributed by atoms with van der Waals surface area (Å²) in [7, 11) is 0. The zero-order valence-electron chi connectivity index (χ0n) is 40.9. The van der Waals surface area contributed by atoms with E-state index in [-0.39, 0.29) is 12.1 Å². The standard InChI is InChI=1S/C59H96O2/c1-7-8-9-10-11-12-13-14-15-16-17-18-19-20-21-22-23-24-25-26-27-28-29-30-31-32-33-34-35-39-57(60)61-52-44-46-58(5)51(48-52)40-41-53-55-43-42-54(50(4)38-36-37-49(2)3)59(55,6)47-45-56(53)58/h8-9,11-12,14-15,17-18,20-21,23-24,40,49-50,52-56H,7,10,13,16,19,22,25-39,41-48H2,1-6H3/b9-8-,12-11-,15-14-,18-17-,21-20-,24-23-. The first kappa shape index (κ1) is 51.3. The summed E-state index contributed by atoms with van der Waals surface area (Å²) < 4.78 is 6.16. The van der Waals surface area contributed by atoms with E-state index in [0.29, 0.717) is 17.3 Å². The van der Waals surface area contributed by atoms with E-state index in [9.17, 15) is 4.79 Å². The molecule has 4 aliphatic rings. The molecule has 0 bridgehead atoms. The van der Waals surface area contributed by atoms with Gasteiger partial charge in [-0.1, -0.05) is 197 Å². The van der Waals surface area contributed by atoms with Crippen molar-refractivity contribution in [3.05, 3.63) is 84.6 Å². The maximum atomic E-state index is 12.9. The molecule has 0 amide bonds. The fourth-order valence-electron chi connectivity index (χ4n) is 12.6. The normalized spacial score (nSPS) is 28.5. The van der Waals surface area contributed by atoms with Crippen LogP contribution in [0.15, 0.2) is 84.6 Å². The number of hydrogen-bond acceptors (Lipinski definition) is 2. The molecule has 3 fully saturated rings. The SMILES string of the molecule is CC/C=C\C/C=C\C/C=C\C/C=C\C/C=C\C/C=C\CCCCCCCCCCCCC(=O)OC1CCC2(C)C(=CCC3C2CCC2(C)C(C(C)CCCC(C)C)CCC32)C1. The minimum atomic E-state index is 0.0554. The molecular weight excluding hydrogens is 741 g/mol. The van der Waals surface area contributed by atoms with E-state index >= 15 is 0 Å². The van der Waals surface area contributed by atoms with Crippen LogP contribution in [0.1, 0.15) is 228 Å². The Hall–Kier alpha value is -2.35. The van der Waals surface area contributed by atoms with Gasteiger partial charge in [0.2, 0.25) is 0 Å². The second kappa shape index (κ2) is 29.2. The highest BCUT2D eigenvalue weighted by molar-refractivity contribution is 5.69.